The van der Waals surface area contributed by atoms with Crippen molar-refractivity contribution in [3.05, 3.63) is 17.5 Å². The van der Waals surface area contributed by atoms with Gasteiger partial charge in [-0.25, -0.2) is 0 Å². The van der Waals surface area contributed by atoms with E-state index in [0.29, 0.717) is 10.0 Å². The van der Waals surface area contributed by atoms with Crippen LogP contribution in [0, 0.1) is 5.21 Å². The molecule has 0 bridgehead atoms. The summed E-state index contributed by atoms with van der Waals surface area (Å²) in [7, 11) is 0. The van der Waals surface area contributed by atoms with Gasteiger partial charge in [0.2, 0.25) is 6.21 Å². The van der Waals surface area contributed by atoms with E-state index in [1.807, 2.05) is 5.53 Å². The van der Waals surface area contributed by atoms with Gasteiger partial charge in [-0.05, 0) is 0 Å². The molecule has 0 fully saturated rings. The fourth-order valence-electron chi connectivity index (χ4n) is 0.366. The molecule has 0 spiro atoms. The third-order valence-electron chi connectivity index (χ3n) is 0.650. The SMILES string of the molecule is O.[O-][N+]1=CC=CN(O)N1. The van der Waals surface area contributed by atoms with Gasteiger partial charge in [-0.2, -0.15) is 0 Å². The molecular weight excluding hydrogens is 126 g/mol. The van der Waals surface area contributed by atoms with Crippen LogP contribution in [0.3, 0.4) is 0 Å². The summed E-state index contributed by atoms with van der Waals surface area (Å²) in [6.45, 7) is 0. The summed E-state index contributed by atoms with van der Waals surface area (Å²) >= 11 is 0. The minimum absolute atomic E-state index is 0. The van der Waals surface area contributed by atoms with E-state index in [0.717, 1.165) is 0 Å². The molecular formula is C3H7N3O3. The molecule has 0 aromatic rings. The van der Waals surface area contributed by atoms with Crippen molar-refractivity contribution in [3.63, 3.8) is 0 Å². The van der Waals surface area contributed by atoms with Crippen molar-refractivity contribution in [2.75, 3.05) is 0 Å². The summed E-state index contributed by atoms with van der Waals surface area (Å²) in [5.41, 5.74) is 2.00. The van der Waals surface area contributed by atoms with Crippen molar-refractivity contribution in [1.29, 1.82) is 0 Å². The molecule has 0 amide bonds. The summed E-state index contributed by atoms with van der Waals surface area (Å²) in [4.78, 5) is 0.375. The number of hydroxylamine groups is 1. The molecule has 6 heteroatoms. The van der Waals surface area contributed by atoms with Crippen LogP contribution in [-0.4, -0.2) is 26.9 Å². The van der Waals surface area contributed by atoms with Gasteiger partial charge in [0, 0.05) is 6.08 Å². The molecule has 0 radical (unpaired) electrons. The Morgan fingerprint density at radius 3 is 2.67 bits per heavy atom. The largest absolute Gasteiger partial charge is 0.595 e. The number of nitrogens with zero attached hydrogens (tertiary/aromatic N) is 2. The highest BCUT2D eigenvalue weighted by Crippen LogP contribution is 1.80. The van der Waals surface area contributed by atoms with Gasteiger partial charge in [-0.15, -0.1) is 5.17 Å². The standard InChI is InChI=1S/C3H5N3O2.H2O/c7-5-2-1-3-6(8)4-5;/h1-4,7H;1H2. The van der Waals surface area contributed by atoms with Crippen LogP contribution in [0.25, 0.3) is 0 Å². The highest BCUT2D eigenvalue weighted by Gasteiger charge is 1.98. The van der Waals surface area contributed by atoms with E-state index in [-0.39, 0.29) is 5.48 Å². The smallest absolute Gasteiger partial charge is 0.210 e. The minimum Gasteiger partial charge on any atom is -0.595 e. The molecule has 4 N–H and O–H groups in total. The van der Waals surface area contributed by atoms with E-state index in [9.17, 15) is 5.21 Å². The third kappa shape index (κ3) is 1.98. The molecule has 0 atom stereocenters. The van der Waals surface area contributed by atoms with Crippen LogP contribution < -0.4 is 5.53 Å². The molecule has 0 unspecified atom stereocenters. The summed E-state index contributed by atoms with van der Waals surface area (Å²) in [6.07, 6.45) is 3.94. The van der Waals surface area contributed by atoms with E-state index < -0.39 is 0 Å². The first-order valence-electron chi connectivity index (χ1n) is 2.01. The third-order valence-corrected chi connectivity index (χ3v) is 0.650. The second kappa shape index (κ2) is 2.90. The summed E-state index contributed by atoms with van der Waals surface area (Å²) in [5, 5.41) is 19.2. The van der Waals surface area contributed by atoms with E-state index in [1.54, 1.807) is 0 Å². The average Bonchev–Trinajstić information content (AvgIpc) is 1.64. The summed E-state index contributed by atoms with van der Waals surface area (Å²) < 4.78 is 0. The zero-order valence-electron chi connectivity index (χ0n) is 4.48. The number of hydrogen-bond acceptors (Lipinski definition) is 4. The molecule has 1 rings (SSSR count). The Morgan fingerprint density at radius 2 is 2.33 bits per heavy atom. The van der Waals surface area contributed by atoms with Crippen LogP contribution in [0.5, 0.6) is 0 Å². The molecule has 0 saturated carbocycles. The van der Waals surface area contributed by atoms with Gasteiger partial charge in [0.1, 0.15) is 0 Å². The zero-order valence-corrected chi connectivity index (χ0v) is 4.48. The second-order valence-corrected chi connectivity index (χ2v) is 1.26. The van der Waals surface area contributed by atoms with Crippen LogP contribution in [-0.2, 0) is 0 Å². The van der Waals surface area contributed by atoms with Gasteiger partial charge in [0.25, 0.3) is 0 Å². The predicted octanol–water partition coefficient (Wildman–Crippen LogP) is -1.62. The first kappa shape index (κ1) is 7.73. The maximum Gasteiger partial charge on any atom is 0.210 e. The van der Waals surface area contributed by atoms with Crippen molar-refractivity contribution >= 4 is 6.21 Å². The van der Waals surface area contributed by atoms with Crippen molar-refractivity contribution in [3.8, 4) is 0 Å². The van der Waals surface area contributed by atoms with Crippen LogP contribution in [0.15, 0.2) is 12.3 Å². The van der Waals surface area contributed by atoms with E-state index in [2.05, 4.69) is 0 Å². The van der Waals surface area contributed by atoms with Crippen molar-refractivity contribution < 1.29 is 15.5 Å². The Kier molecular flexibility index (Phi) is 2.49. The fraction of sp³-hybridized carbons (Fsp3) is 0. The molecule has 0 saturated heterocycles. The number of rotatable bonds is 0. The maximum absolute atomic E-state index is 10.2. The highest BCUT2D eigenvalue weighted by atomic mass is 16.6. The summed E-state index contributed by atoms with van der Waals surface area (Å²) in [6, 6.07) is 0. The number of hydrogen-bond donors (Lipinski definition) is 2. The number of nitrogens with one attached hydrogen (secondary N) is 1. The molecule has 52 valence electrons. The first-order valence-corrected chi connectivity index (χ1v) is 2.01. The topological polar surface area (TPSA) is 93.1 Å². The maximum atomic E-state index is 10.2. The highest BCUT2D eigenvalue weighted by molar-refractivity contribution is 5.66. The average molecular weight is 133 g/mol. The number of hydrazine groups is 2. The zero-order chi connectivity index (χ0) is 5.98. The molecule has 0 aromatic heterocycles. The lowest BCUT2D eigenvalue weighted by Crippen LogP contribution is -2.39. The van der Waals surface area contributed by atoms with Crippen LogP contribution in [0.2, 0.25) is 0 Å². The van der Waals surface area contributed by atoms with Crippen LogP contribution in [0.1, 0.15) is 0 Å². The summed E-state index contributed by atoms with van der Waals surface area (Å²) in [5.74, 6) is 0. The van der Waals surface area contributed by atoms with Gasteiger partial charge in [-0.3, -0.25) is 5.21 Å². The molecule has 0 aromatic carbocycles. The molecule has 1 aliphatic heterocycles. The fourth-order valence-corrected chi connectivity index (χ4v) is 0.366. The van der Waals surface area contributed by atoms with Crippen molar-refractivity contribution in [2.45, 2.75) is 0 Å². The van der Waals surface area contributed by atoms with E-state index in [4.69, 9.17) is 5.21 Å². The second-order valence-electron chi connectivity index (χ2n) is 1.26. The van der Waals surface area contributed by atoms with E-state index >= 15 is 0 Å². The Labute approximate surface area is 51.1 Å². The van der Waals surface area contributed by atoms with Gasteiger partial charge < -0.3 is 10.7 Å². The van der Waals surface area contributed by atoms with Crippen molar-refractivity contribution in [2.24, 2.45) is 0 Å². The van der Waals surface area contributed by atoms with E-state index in [1.165, 1.54) is 18.5 Å². The van der Waals surface area contributed by atoms with Crippen LogP contribution >= 0.6 is 0 Å². The predicted molar refractivity (Wildman–Crippen MR) is 29.2 cm³/mol. The van der Waals surface area contributed by atoms with Gasteiger partial charge >= 0.3 is 0 Å². The van der Waals surface area contributed by atoms with Gasteiger partial charge in [-0.1, -0.05) is 10.4 Å². The lowest BCUT2D eigenvalue weighted by atomic mass is 10.6. The monoisotopic (exact) mass is 133 g/mol. The van der Waals surface area contributed by atoms with Crippen molar-refractivity contribution in [1.82, 2.24) is 10.7 Å². The Bertz CT molecular complexity index is 143. The Hall–Kier alpha value is -1.27. The molecule has 1 heterocycles. The van der Waals surface area contributed by atoms with Gasteiger partial charge in [0.15, 0.2) is 0 Å². The first-order chi connectivity index (χ1) is 3.79. The number of allylic oxidation sites excluding steroid dienone is 1. The number of hydrazone groups is 1. The normalized spacial score (nSPS) is 15.7. The minimum atomic E-state index is 0. The molecule has 6 nitrogen and oxygen atoms in total. The lowest BCUT2D eigenvalue weighted by Gasteiger charge is -2.13. The molecule has 9 heavy (non-hydrogen) atoms. The van der Waals surface area contributed by atoms with Gasteiger partial charge in [0.05, 0.1) is 6.20 Å². The Balaban J connectivity index is 0.000000640. The van der Waals surface area contributed by atoms with Crippen LogP contribution in [0.4, 0.5) is 0 Å². The molecule has 0 aliphatic carbocycles. The quantitative estimate of drug-likeness (QED) is 0.307. The Morgan fingerprint density at radius 1 is 1.67 bits per heavy atom. The lowest BCUT2D eigenvalue weighted by molar-refractivity contribution is -0.576. The molecule has 1 aliphatic rings.